The second-order valence-electron chi connectivity index (χ2n) is 5.18. The second kappa shape index (κ2) is 11.9. The molecule has 0 rings (SSSR count). The molecule has 0 saturated heterocycles. The number of hydrogen-bond donors (Lipinski definition) is 1. The summed E-state index contributed by atoms with van der Waals surface area (Å²) >= 11 is 0. The highest BCUT2D eigenvalue weighted by atomic mass is 16.6. The van der Waals surface area contributed by atoms with Gasteiger partial charge in [-0.25, -0.2) is 14.4 Å². The monoisotopic (exact) mass is 332 g/mol. The van der Waals surface area contributed by atoms with E-state index in [1.54, 1.807) is 0 Å². The van der Waals surface area contributed by atoms with E-state index < -0.39 is 23.5 Å². The van der Waals surface area contributed by atoms with Gasteiger partial charge in [0.2, 0.25) is 0 Å². The summed E-state index contributed by atoms with van der Waals surface area (Å²) in [6.45, 7) is 5.67. The molecule has 0 spiro atoms. The quantitative estimate of drug-likeness (QED) is 0.251. The average Bonchev–Trinajstić information content (AvgIpc) is 2.54. The largest absolute Gasteiger partial charge is 0.463 e. The number of carbonyl (C=O) groups is 3. The summed E-state index contributed by atoms with van der Waals surface area (Å²) in [6.07, 6.45) is 3.93. The van der Waals surface area contributed by atoms with E-state index in [1.165, 1.54) is 0 Å². The molecule has 0 radical (unpaired) electrons. The van der Waals surface area contributed by atoms with Crippen LogP contribution in [0, 0.1) is 0 Å². The number of carbonyl (C=O) groups excluding carboxylic acids is 3. The Kier molecular flexibility index (Phi) is 11.0. The van der Waals surface area contributed by atoms with Crippen LogP contribution in [0.2, 0.25) is 0 Å². The molecular weight excluding hydrogens is 304 g/mol. The standard InChI is InChI=1S/C16H28O7/c1-4-7-10-21-13(17)16(20,14(18)22-11-8-5-2)15(19)23-12-9-6-3/h20H,4-12H2,1-3H3. The summed E-state index contributed by atoms with van der Waals surface area (Å²) in [7, 11) is 0. The summed E-state index contributed by atoms with van der Waals surface area (Å²) in [5.74, 6) is -4.06. The van der Waals surface area contributed by atoms with Gasteiger partial charge < -0.3 is 19.3 Å². The number of hydrogen-bond acceptors (Lipinski definition) is 7. The summed E-state index contributed by atoms with van der Waals surface area (Å²) in [5.41, 5.74) is -3.06. The van der Waals surface area contributed by atoms with Crippen molar-refractivity contribution >= 4 is 17.9 Å². The molecule has 0 bridgehead atoms. The maximum Gasteiger partial charge on any atom is 0.362 e. The van der Waals surface area contributed by atoms with E-state index in [1.807, 2.05) is 20.8 Å². The lowest BCUT2D eigenvalue weighted by Crippen LogP contribution is -2.56. The van der Waals surface area contributed by atoms with Gasteiger partial charge in [0.1, 0.15) is 0 Å². The highest BCUT2D eigenvalue weighted by Crippen LogP contribution is 2.15. The summed E-state index contributed by atoms with van der Waals surface area (Å²) < 4.78 is 14.4. The van der Waals surface area contributed by atoms with Crippen LogP contribution in [0.4, 0.5) is 0 Å². The molecule has 0 saturated carbocycles. The molecule has 0 aromatic heterocycles. The van der Waals surface area contributed by atoms with Crippen LogP contribution < -0.4 is 0 Å². The molecule has 0 aromatic carbocycles. The first-order valence-corrected chi connectivity index (χ1v) is 8.19. The van der Waals surface area contributed by atoms with Crippen LogP contribution in [-0.4, -0.2) is 48.4 Å². The fourth-order valence-electron chi connectivity index (χ4n) is 1.49. The van der Waals surface area contributed by atoms with E-state index in [9.17, 15) is 19.5 Å². The molecule has 23 heavy (non-hydrogen) atoms. The van der Waals surface area contributed by atoms with Crippen molar-refractivity contribution in [2.24, 2.45) is 0 Å². The Morgan fingerprint density at radius 1 is 0.696 bits per heavy atom. The molecule has 134 valence electrons. The smallest absolute Gasteiger partial charge is 0.362 e. The predicted molar refractivity (Wildman–Crippen MR) is 82.6 cm³/mol. The van der Waals surface area contributed by atoms with E-state index in [0.717, 1.165) is 19.3 Å². The first-order chi connectivity index (χ1) is 10.9. The first kappa shape index (κ1) is 21.4. The molecule has 0 fully saturated rings. The van der Waals surface area contributed by atoms with Gasteiger partial charge in [-0.1, -0.05) is 40.0 Å². The van der Waals surface area contributed by atoms with Crippen LogP contribution in [-0.2, 0) is 28.6 Å². The fraction of sp³-hybridized carbons (Fsp3) is 0.812. The number of rotatable bonds is 12. The van der Waals surface area contributed by atoms with Crippen LogP contribution in [0.25, 0.3) is 0 Å². The van der Waals surface area contributed by atoms with Crippen molar-refractivity contribution in [3.05, 3.63) is 0 Å². The van der Waals surface area contributed by atoms with Crippen molar-refractivity contribution in [3.8, 4) is 0 Å². The van der Waals surface area contributed by atoms with Crippen LogP contribution in [0.1, 0.15) is 59.3 Å². The second-order valence-corrected chi connectivity index (χ2v) is 5.18. The Labute approximate surface area is 137 Å². The van der Waals surface area contributed by atoms with Gasteiger partial charge in [-0.3, -0.25) is 0 Å². The van der Waals surface area contributed by atoms with Crippen molar-refractivity contribution in [1.82, 2.24) is 0 Å². The lowest BCUT2D eigenvalue weighted by molar-refractivity contribution is -0.195. The predicted octanol–water partition coefficient (Wildman–Crippen LogP) is 1.75. The third-order valence-electron chi connectivity index (χ3n) is 3.08. The number of esters is 3. The molecule has 0 aliphatic heterocycles. The minimum Gasteiger partial charge on any atom is -0.463 e. The van der Waals surface area contributed by atoms with Crippen molar-refractivity contribution in [2.45, 2.75) is 64.9 Å². The molecule has 0 amide bonds. The number of unbranched alkanes of at least 4 members (excludes halogenated alkanes) is 3. The molecule has 0 aromatic rings. The minimum absolute atomic E-state index is 0.00211. The van der Waals surface area contributed by atoms with Gasteiger partial charge in [0.25, 0.3) is 0 Å². The highest BCUT2D eigenvalue weighted by Gasteiger charge is 2.56. The Hall–Kier alpha value is -1.63. The van der Waals surface area contributed by atoms with E-state index in [-0.39, 0.29) is 19.8 Å². The van der Waals surface area contributed by atoms with Crippen LogP contribution in [0.5, 0.6) is 0 Å². The van der Waals surface area contributed by atoms with Crippen LogP contribution in [0.3, 0.4) is 0 Å². The van der Waals surface area contributed by atoms with Gasteiger partial charge in [0.15, 0.2) is 0 Å². The van der Waals surface area contributed by atoms with Crippen molar-refractivity contribution in [3.63, 3.8) is 0 Å². The summed E-state index contributed by atoms with van der Waals surface area (Å²) in [6, 6.07) is 0. The maximum atomic E-state index is 12.0. The van der Waals surface area contributed by atoms with Crippen LogP contribution >= 0.6 is 0 Å². The van der Waals surface area contributed by atoms with Crippen molar-refractivity contribution in [2.75, 3.05) is 19.8 Å². The van der Waals surface area contributed by atoms with Gasteiger partial charge in [-0.15, -0.1) is 0 Å². The summed E-state index contributed by atoms with van der Waals surface area (Å²) in [4.78, 5) is 36.0. The molecule has 7 nitrogen and oxygen atoms in total. The van der Waals surface area contributed by atoms with Gasteiger partial charge in [-0.05, 0) is 19.3 Å². The molecular formula is C16H28O7. The van der Waals surface area contributed by atoms with E-state index >= 15 is 0 Å². The molecule has 0 atom stereocenters. The average molecular weight is 332 g/mol. The van der Waals surface area contributed by atoms with E-state index in [0.29, 0.717) is 19.3 Å². The summed E-state index contributed by atoms with van der Waals surface area (Å²) in [5, 5.41) is 10.3. The zero-order valence-corrected chi connectivity index (χ0v) is 14.3. The Balaban J connectivity index is 4.97. The minimum atomic E-state index is -3.06. The zero-order chi connectivity index (χ0) is 17.7. The lowest BCUT2D eigenvalue weighted by Gasteiger charge is -2.22. The molecule has 0 aliphatic rings. The number of ether oxygens (including phenoxy) is 3. The highest BCUT2D eigenvalue weighted by molar-refractivity contribution is 6.21. The van der Waals surface area contributed by atoms with E-state index in [4.69, 9.17) is 14.2 Å². The molecule has 0 unspecified atom stereocenters. The van der Waals surface area contributed by atoms with Crippen LogP contribution in [0.15, 0.2) is 0 Å². The Morgan fingerprint density at radius 3 is 1.17 bits per heavy atom. The topological polar surface area (TPSA) is 99.1 Å². The zero-order valence-electron chi connectivity index (χ0n) is 14.3. The Morgan fingerprint density at radius 2 is 0.957 bits per heavy atom. The maximum absolute atomic E-state index is 12.0. The van der Waals surface area contributed by atoms with Gasteiger partial charge in [-0.2, -0.15) is 0 Å². The third kappa shape index (κ3) is 6.99. The molecule has 0 aliphatic carbocycles. The van der Waals surface area contributed by atoms with Gasteiger partial charge in [0, 0.05) is 0 Å². The fourth-order valence-corrected chi connectivity index (χ4v) is 1.49. The van der Waals surface area contributed by atoms with Gasteiger partial charge >= 0.3 is 23.5 Å². The lowest BCUT2D eigenvalue weighted by atomic mass is 10.1. The van der Waals surface area contributed by atoms with Crippen molar-refractivity contribution in [1.29, 1.82) is 0 Å². The first-order valence-electron chi connectivity index (χ1n) is 8.19. The molecule has 7 heteroatoms. The number of aliphatic hydroxyl groups is 1. The Bertz CT molecular complexity index is 324. The van der Waals surface area contributed by atoms with Crippen molar-refractivity contribution < 1.29 is 33.7 Å². The normalized spacial score (nSPS) is 11.0. The third-order valence-corrected chi connectivity index (χ3v) is 3.08. The SMILES string of the molecule is CCCCOC(=O)C(O)(C(=O)OCCCC)C(=O)OCCCC. The molecule has 1 N–H and O–H groups in total. The molecule has 0 heterocycles. The van der Waals surface area contributed by atoms with Gasteiger partial charge in [0.05, 0.1) is 19.8 Å². The van der Waals surface area contributed by atoms with E-state index in [2.05, 4.69) is 0 Å².